The molecule has 10 heteroatoms. The van der Waals surface area contributed by atoms with Gasteiger partial charge < -0.3 is 14.7 Å². The number of hydrogen-bond acceptors (Lipinski definition) is 6. The van der Waals surface area contributed by atoms with Crippen LogP contribution in [0.15, 0.2) is 30.6 Å². The Labute approximate surface area is 207 Å². The van der Waals surface area contributed by atoms with Gasteiger partial charge in [0.1, 0.15) is 17.8 Å². The van der Waals surface area contributed by atoms with Gasteiger partial charge in [0, 0.05) is 32.0 Å². The zero-order chi connectivity index (χ0) is 24.6. The van der Waals surface area contributed by atoms with Gasteiger partial charge in [0.05, 0.1) is 30.1 Å². The van der Waals surface area contributed by atoms with E-state index in [0.717, 1.165) is 44.2 Å². The molecular formula is C25H30ClF3N4O2. The number of nitrogens with one attached hydrogen (secondary N) is 1. The Morgan fingerprint density at radius 3 is 2.60 bits per heavy atom. The number of anilines is 1. The lowest BCUT2D eigenvalue weighted by Gasteiger charge is -2.32. The minimum absolute atomic E-state index is 0.0780. The van der Waals surface area contributed by atoms with Gasteiger partial charge >= 0.3 is 0 Å². The fourth-order valence-corrected chi connectivity index (χ4v) is 5.28. The molecular weight excluding hydrogens is 481 g/mol. The molecule has 2 aromatic rings. The number of rotatable bonds is 10. The topological polar surface area (TPSA) is 70.5 Å². The fourth-order valence-electron chi connectivity index (χ4n) is 5.18. The highest BCUT2D eigenvalue weighted by atomic mass is 35.5. The van der Waals surface area contributed by atoms with Gasteiger partial charge in [-0.25, -0.2) is 23.1 Å². The Bertz CT molecular complexity index is 1020. The summed E-state index contributed by atoms with van der Waals surface area (Å²) in [6, 6.07) is 3.47. The van der Waals surface area contributed by atoms with Crippen molar-refractivity contribution < 1.29 is 23.0 Å². The second kappa shape index (κ2) is 10.1. The van der Waals surface area contributed by atoms with Crippen molar-refractivity contribution in [2.75, 3.05) is 24.6 Å². The summed E-state index contributed by atoms with van der Waals surface area (Å²) in [5.74, 6) is -0.0369. The third-order valence-corrected chi connectivity index (χ3v) is 7.62. The molecule has 5 rings (SSSR count). The SMILES string of the molecule is OC(Cc1ccc(OCCC2CC2C2CCN(c3ncc(Cl)cn3)CC2)cc1F)NC1CC1(F)F. The fraction of sp³-hybridized carbons (Fsp3) is 0.600. The monoisotopic (exact) mass is 510 g/mol. The van der Waals surface area contributed by atoms with E-state index in [1.54, 1.807) is 24.5 Å². The number of aliphatic hydroxyl groups is 1. The van der Waals surface area contributed by atoms with Crippen LogP contribution in [0, 0.1) is 23.6 Å². The highest BCUT2D eigenvalue weighted by Crippen LogP contribution is 2.50. The zero-order valence-electron chi connectivity index (χ0n) is 19.3. The molecule has 3 fully saturated rings. The summed E-state index contributed by atoms with van der Waals surface area (Å²) in [5, 5.41) is 12.9. The standard InChI is InChI=1S/C25H30ClF3N4O2/c26-18-13-30-24(31-14-18)33-6-3-15(4-7-33)20-9-16(20)5-8-35-19-2-1-17(21(27)11-19)10-23(34)32-22-12-25(22,28)29/h1-2,11,13-16,20,22-23,32,34H,3-10,12H2. The van der Waals surface area contributed by atoms with Gasteiger partial charge in [-0.05, 0) is 55.1 Å². The van der Waals surface area contributed by atoms with Crippen LogP contribution < -0.4 is 15.0 Å². The van der Waals surface area contributed by atoms with Crippen LogP contribution in [0.4, 0.5) is 19.1 Å². The minimum Gasteiger partial charge on any atom is -0.493 e. The molecule has 190 valence electrons. The predicted molar refractivity (Wildman–Crippen MR) is 126 cm³/mol. The number of ether oxygens (including phenoxy) is 1. The van der Waals surface area contributed by atoms with Gasteiger partial charge in [0.15, 0.2) is 0 Å². The van der Waals surface area contributed by atoms with Gasteiger partial charge in [-0.15, -0.1) is 0 Å². The van der Waals surface area contributed by atoms with E-state index in [1.807, 2.05) is 0 Å². The zero-order valence-corrected chi connectivity index (χ0v) is 20.1. The van der Waals surface area contributed by atoms with Crippen LogP contribution in [-0.2, 0) is 6.42 Å². The highest BCUT2D eigenvalue weighted by molar-refractivity contribution is 6.30. The Balaban J connectivity index is 1.01. The maximum atomic E-state index is 14.4. The van der Waals surface area contributed by atoms with Gasteiger partial charge in [-0.1, -0.05) is 17.7 Å². The van der Waals surface area contributed by atoms with Crippen LogP contribution >= 0.6 is 11.6 Å². The maximum Gasteiger partial charge on any atom is 0.265 e. The predicted octanol–water partition coefficient (Wildman–Crippen LogP) is 4.45. The molecule has 0 radical (unpaired) electrons. The molecule has 0 amide bonds. The Morgan fingerprint density at radius 2 is 1.94 bits per heavy atom. The lowest BCUT2D eigenvalue weighted by atomic mass is 9.90. The smallest absolute Gasteiger partial charge is 0.265 e. The third-order valence-electron chi connectivity index (χ3n) is 7.43. The van der Waals surface area contributed by atoms with Crippen molar-refractivity contribution in [3.8, 4) is 5.75 Å². The first-order valence-electron chi connectivity index (χ1n) is 12.2. The summed E-state index contributed by atoms with van der Waals surface area (Å²) in [6.45, 7) is 2.42. The molecule has 0 spiro atoms. The molecule has 1 saturated heterocycles. The number of halogens is 4. The minimum atomic E-state index is -2.78. The Morgan fingerprint density at radius 1 is 1.23 bits per heavy atom. The van der Waals surface area contributed by atoms with Crippen molar-refractivity contribution in [1.82, 2.24) is 15.3 Å². The van der Waals surface area contributed by atoms with Crippen LogP contribution in [0.25, 0.3) is 0 Å². The molecule has 1 aliphatic heterocycles. The molecule has 4 unspecified atom stereocenters. The first-order chi connectivity index (χ1) is 16.8. The van der Waals surface area contributed by atoms with E-state index in [2.05, 4.69) is 20.2 Å². The van der Waals surface area contributed by atoms with Gasteiger partial charge in [0.25, 0.3) is 5.92 Å². The van der Waals surface area contributed by atoms with E-state index < -0.39 is 24.0 Å². The molecule has 2 heterocycles. The lowest BCUT2D eigenvalue weighted by molar-refractivity contribution is 0.0764. The maximum absolute atomic E-state index is 14.4. The van der Waals surface area contributed by atoms with E-state index in [4.69, 9.17) is 16.3 Å². The quantitative estimate of drug-likeness (QED) is 0.460. The summed E-state index contributed by atoms with van der Waals surface area (Å²) in [5.41, 5.74) is 0.263. The molecule has 1 aromatic carbocycles. The van der Waals surface area contributed by atoms with Crippen LogP contribution in [0.3, 0.4) is 0 Å². The van der Waals surface area contributed by atoms with Crippen molar-refractivity contribution >= 4 is 17.5 Å². The Hall–Kier alpha value is -2.10. The largest absolute Gasteiger partial charge is 0.493 e. The molecule has 35 heavy (non-hydrogen) atoms. The van der Waals surface area contributed by atoms with Crippen molar-refractivity contribution in [3.63, 3.8) is 0 Å². The number of piperidine rings is 1. The van der Waals surface area contributed by atoms with Crippen LogP contribution in [0.1, 0.15) is 37.7 Å². The van der Waals surface area contributed by atoms with Crippen molar-refractivity contribution in [3.05, 3.63) is 47.0 Å². The number of benzene rings is 1. The molecule has 0 bridgehead atoms. The normalized spacial score (nSPS) is 26.4. The van der Waals surface area contributed by atoms with Gasteiger partial charge in [0.2, 0.25) is 5.95 Å². The van der Waals surface area contributed by atoms with Crippen molar-refractivity contribution in [2.45, 2.75) is 56.7 Å². The first-order valence-corrected chi connectivity index (χ1v) is 12.6. The molecule has 2 aliphatic carbocycles. The van der Waals surface area contributed by atoms with Crippen LogP contribution in [-0.4, -0.2) is 53.0 Å². The van der Waals surface area contributed by atoms with Crippen LogP contribution in [0.5, 0.6) is 5.75 Å². The van der Waals surface area contributed by atoms with E-state index in [9.17, 15) is 18.3 Å². The summed E-state index contributed by atoms with van der Waals surface area (Å²) in [7, 11) is 0. The first kappa shape index (κ1) is 24.6. The molecule has 3 aliphatic rings. The molecule has 1 aromatic heterocycles. The highest BCUT2D eigenvalue weighted by Gasteiger charge is 2.57. The molecule has 6 nitrogen and oxygen atoms in total. The van der Waals surface area contributed by atoms with Crippen molar-refractivity contribution in [2.24, 2.45) is 17.8 Å². The summed E-state index contributed by atoms with van der Waals surface area (Å²) in [6.07, 6.45) is 6.07. The average molecular weight is 511 g/mol. The van der Waals surface area contributed by atoms with Gasteiger partial charge in [-0.2, -0.15) is 0 Å². The third kappa shape index (κ3) is 6.19. The van der Waals surface area contributed by atoms with E-state index in [1.165, 1.54) is 12.5 Å². The lowest BCUT2D eigenvalue weighted by Crippen LogP contribution is -2.35. The average Bonchev–Trinajstić information content (AvgIpc) is 3.73. The second-order valence-corrected chi connectivity index (χ2v) is 10.4. The number of nitrogens with zero attached hydrogens (tertiary/aromatic N) is 3. The van der Waals surface area contributed by atoms with Crippen molar-refractivity contribution in [1.29, 1.82) is 0 Å². The number of aromatic nitrogens is 2. The molecule has 2 saturated carbocycles. The van der Waals surface area contributed by atoms with Crippen LogP contribution in [0.2, 0.25) is 5.02 Å². The van der Waals surface area contributed by atoms with E-state index in [-0.39, 0.29) is 18.4 Å². The Kier molecular flexibility index (Phi) is 7.10. The second-order valence-electron chi connectivity index (χ2n) is 9.98. The molecule has 4 atom stereocenters. The van der Waals surface area contributed by atoms with E-state index >= 15 is 0 Å². The van der Waals surface area contributed by atoms with E-state index in [0.29, 0.717) is 29.2 Å². The molecule has 2 N–H and O–H groups in total. The summed E-state index contributed by atoms with van der Waals surface area (Å²) < 4.78 is 46.1. The van der Waals surface area contributed by atoms with Gasteiger partial charge in [-0.3, -0.25) is 5.32 Å². The summed E-state index contributed by atoms with van der Waals surface area (Å²) in [4.78, 5) is 10.8. The summed E-state index contributed by atoms with van der Waals surface area (Å²) >= 11 is 5.87. The number of hydrogen-bond donors (Lipinski definition) is 2. The number of alkyl halides is 2. The number of aliphatic hydroxyl groups excluding tert-OH is 1.